The van der Waals surface area contributed by atoms with Crippen molar-refractivity contribution in [1.29, 1.82) is 0 Å². The molecule has 37 heavy (non-hydrogen) atoms. The molecule has 1 N–H and O–H groups in total. The van der Waals surface area contributed by atoms with E-state index in [4.69, 9.17) is 8.83 Å². The summed E-state index contributed by atoms with van der Waals surface area (Å²) < 4.78 is 13.1. The summed E-state index contributed by atoms with van der Waals surface area (Å²) in [6.07, 6.45) is 0.785. The molecule has 8 aromatic rings. The molecule has 0 spiro atoms. The van der Waals surface area contributed by atoms with E-state index in [1.54, 1.807) is 0 Å². The Morgan fingerprint density at radius 2 is 1.38 bits per heavy atom. The number of hydrogen-bond acceptors (Lipinski definition) is 2. The minimum absolute atomic E-state index is 0.123. The van der Waals surface area contributed by atoms with Gasteiger partial charge < -0.3 is 13.8 Å². The van der Waals surface area contributed by atoms with Gasteiger partial charge in [0, 0.05) is 45.1 Å². The van der Waals surface area contributed by atoms with Crippen LogP contribution < -0.4 is 0 Å². The highest BCUT2D eigenvalue weighted by Crippen LogP contribution is 2.52. The molecular formula is C34H21NO2. The number of aromatic amines is 1. The van der Waals surface area contributed by atoms with Crippen LogP contribution in [0.5, 0.6) is 0 Å². The Bertz CT molecular complexity index is 2190. The number of hydrogen-bond donors (Lipinski definition) is 1. The van der Waals surface area contributed by atoms with E-state index in [1.165, 1.54) is 49.2 Å². The van der Waals surface area contributed by atoms with Gasteiger partial charge in [0.05, 0.1) is 5.39 Å². The summed E-state index contributed by atoms with van der Waals surface area (Å²) in [4.78, 5) is 3.53. The molecule has 0 radical (unpaired) electrons. The molecule has 1 atom stereocenters. The van der Waals surface area contributed by atoms with Crippen molar-refractivity contribution in [2.75, 3.05) is 0 Å². The quantitative estimate of drug-likeness (QED) is 0.257. The van der Waals surface area contributed by atoms with Crippen LogP contribution in [0, 0.1) is 0 Å². The Kier molecular flexibility index (Phi) is 3.64. The van der Waals surface area contributed by atoms with Crippen LogP contribution in [-0.4, -0.2) is 4.98 Å². The van der Waals surface area contributed by atoms with Crippen LogP contribution in [0.3, 0.4) is 0 Å². The van der Waals surface area contributed by atoms with Crippen molar-refractivity contribution in [3.8, 4) is 11.1 Å². The number of fused-ring (bicyclic) bond motifs is 12. The molecule has 174 valence electrons. The van der Waals surface area contributed by atoms with Crippen LogP contribution in [0.2, 0.25) is 0 Å². The lowest BCUT2D eigenvalue weighted by Crippen LogP contribution is -2.12. The van der Waals surface area contributed by atoms with Gasteiger partial charge in [-0.25, -0.2) is 0 Å². The maximum Gasteiger partial charge on any atom is 0.206 e. The third-order valence-corrected chi connectivity index (χ3v) is 8.21. The molecule has 3 heterocycles. The topological polar surface area (TPSA) is 42.1 Å². The highest BCUT2D eigenvalue weighted by atomic mass is 16.3. The fraction of sp³-hybridized carbons (Fsp3) is 0.0588. The van der Waals surface area contributed by atoms with E-state index in [2.05, 4.69) is 102 Å². The van der Waals surface area contributed by atoms with E-state index in [-0.39, 0.29) is 5.92 Å². The smallest absolute Gasteiger partial charge is 0.206 e. The third kappa shape index (κ3) is 2.51. The first kappa shape index (κ1) is 19.4. The van der Waals surface area contributed by atoms with E-state index in [0.29, 0.717) is 0 Å². The van der Waals surface area contributed by atoms with Gasteiger partial charge >= 0.3 is 0 Å². The van der Waals surface area contributed by atoms with Gasteiger partial charge in [0.15, 0.2) is 0 Å². The summed E-state index contributed by atoms with van der Waals surface area (Å²) in [6, 6.07) is 36.6. The molecule has 9 rings (SSSR count). The molecule has 3 nitrogen and oxygen atoms in total. The minimum Gasteiger partial charge on any atom is -0.456 e. The van der Waals surface area contributed by atoms with Gasteiger partial charge in [-0.1, -0.05) is 91.0 Å². The molecule has 0 amide bonds. The van der Waals surface area contributed by atoms with Gasteiger partial charge in [-0.2, -0.15) is 0 Å². The van der Waals surface area contributed by atoms with E-state index in [9.17, 15) is 0 Å². The molecule has 3 aromatic heterocycles. The molecule has 0 fully saturated rings. The Morgan fingerprint density at radius 3 is 2.32 bits per heavy atom. The van der Waals surface area contributed by atoms with Crippen molar-refractivity contribution >= 4 is 54.7 Å². The normalized spacial score (nSPS) is 15.2. The second kappa shape index (κ2) is 6.92. The van der Waals surface area contributed by atoms with E-state index in [1.807, 2.05) is 6.07 Å². The number of H-pyrrole nitrogens is 1. The third-order valence-electron chi connectivity index (χ3n) is 8.21. The summed E-state index contributed by atoms with van der Waals surface area (Å²) in [5, 5.41) is 7.22. The summed E-state index contributed by atoms with van der Waals surface area (Å²) in [6.45, 7) is 0. The van der Waals surface area contributed by atoms with Crippen molar-refractivity contribution in [2.24, 2.45) is 0 Å². The second-order valence-electron chi connectivity index (χ2n) is 10.1. The van der Waals surface area contributed by atoms with Crippen molar-refractivity contribution in [3.63, 3.8) is 0 Å². The number of aromatic nitrogens is 1. The Labute approximate surface area is 211 Å². The lowest BCUT2D eigenvalue weighted by atomic mass is 9.75. The number of para-hydroxylation sites is 3. The summed E-state index contributed by atoms with van der Waals surface area (Å²) in [5.74, 6) is 1.16. The number of benzene rings is 5. The van der Waals surface area contributed by atoms with Crippen molar-refractivity contribution < 1.29 is 8.83 Å². The Morgan fingerprint density at radius 1 is 0.595 bits per heavy atom. The lowest BCUT2D eigenvalue weighted by Gasteiger charge is -2.27. The van der Waals surface area contributed by atoms with Crippen LogP contribution in [-0.2, 0) is 6.42 Å². The number of nitrogens with one attached hydrogen (secondary N) is 1. The molecule has 5 aromatic carbocycles. The average Bonchev–Trinajstić information content (AvgIpc) is 3.61. The predicted molar refractivity (Wildman–Crippen MR) is 150 cm³/mol. The molecule has 0 bridgehead atoms. The van der Waals surface area contributed by atoms with Gasteiger partial charge in [-0.05, 0) is 34.0 Å². The van der Waals surface area contributed by atoms with Gasteiger partial charge in [0.2, 0.25) is 5.71 Å². The highest BCUT2D eigenvalue weighted by Gasteiger charge is 2.34. The van der Waals surface area contributed by atoms with Crippen molar-refractivity contribution in [1.82, 2.24) is 4.98 Å². The fourth-order valence-corrected chi connectivity index (χ4v) is 6.64. The molecule has 0 aliphatic heterocycles. The molecule has 1 unspecified atom stereocenters. The van der Waals surface area contributed by atoms with Crippen LogP contribution >= 0.6 is 0 Å². The maximum absolute atomic E-state index is 6.62. The zero-order chi connectivity index (χ0) is 24.1. The summed E-state index contributed by atoms with van der Waals surface area (Å²) >= 11 is 0. The number of furan rings is 2. The van der Waals surface area contributed by atoms with Crippen LogP contribution in [0.25, 0.3) is 65.8 Å². The van der Waals surface area contributed by atoms with E-state index < -0.39 is 0 Å². The second-order valence-corrected chi connectivity index (χ2v) is 10.1. The van der Waals surface area contributed by atoms with E-state index in [0.717, 1.165) is 40.0 Å². The van der Waals surface area contributed by atoms with E-state index >= 15 is 0 Å². The zero-order valence-corrected chi connectivity index (χ0v) is 19.9. The molecule has 0 saturated carbocycles. The monoisotopic (exact) mass is 475 g/mol. The summed E-state index contributed by atoms with van der Waals surface area (Å²) in [7, 11) is 0. The first-order chi connectivity index (χ1) is 18.3. The average molecular weight is 476 g/mol. The fourth-order valence-electron chi connectivity index (χ4n) is 6.64. The largest absolute Gasteiger partial charge is 0.456 e. The molecule has 3 heteroatoms. The van der Waals surface area contributed by atoms with Gasteiger partial charge in [0.25, 0.3) is 0 Å². The SMILES string of the molecule is c1ccc2c3c(ccc2c1)C(c1cccc2c1oc1ccccc12)Cc1oc2[nH]c4ccccc4c2c1-3. The predicted octanol–water partition coefficient (Wildman–Crippen LogP) is 9.32. The van der Waals surface area contributed by atoms with Crippen molar-refractivity contribution in [2.45, 2.75) is 12.3 Å². The zero-order valence-electron chi connectivity index (χ0n) is 19.9. The van der Waals surface area contributed by atoms with Gasteiger partial charge in [0.1, 0.15) is 16.9 Å². The van der Waals surface area contributed by atoms with Crippen molar-refractivity contribution in [3.05, 3.63) is 120 Å². The first-order valence-corrected chi connectivity index (χ1v) is 12.8. The Balaban J connectivity index is 1.40. The van der Waals surface area contributed by atoms with Crippen LogP contribution in [0.1, 0.15) is 22.8 Å². The lowest BCUT2D eigenvalue weighted by molar-refractivity contribution is 0.523. The van der Waals surface area contributed by atoms with Gasteiger partial charge in [-0.3, -0.25) is 0 Å². The van der Waals surface area contributed by atoms with Gasteiger partial charge in [-0.15, -0.1) is 0 Å². The first-order valence-electron chi connectivity index (χ1n) is 12.8. The molecule has 1 aliphatic carbocycles. The summed E-state index contributed by atoms with van der Waals surface area (Å²) in [5.41, 5.74) is 8.90. The molecule has 0 saturated heterocycles. The molecule has 1 aliphatic rings. The number of rotatable bonds is 1. The maximum atomic E-state index is 6.62. The molecular weight excluding hydrogens is 454 g/mol. The Hall–Kier alpha value is -4.76. The highest BCUT2D eigenvalue weighted by molar-refractivity contribution is 6.17. The van der Waals surface area contributed by atoms with Crippen LogP contribution in [0.15, 0.2) is 112 Å². The minimum atomic E-state index is 0.123. The standard InChI is InChI=1S/C34H21NO2/c1-2-9-20-19(8-1)16-17-22-26(24-13-7-12-23-21-10-4-6-15-28(21)36-33(23)24)18-29-32(30(20)22)31-25-11-3-5-14-27(25)35-34(31)37-29/h1-17,26,35H,18H2. The van der Waals surface area contributed by atoms with Crippen LogP contribution in [0.4, 0.5) is 0 Å².